The van der Waals surface area contributed by atoms with Gasteiger partial charge >= 0.3 is 0 Å². The van der Waals surface area contributed by atoms with Crippen molar-refractivity contribution in [2.24, 2.45) is 0 Å². The van der Waals surface area contributed by atoms with Crippen LogP contribution in [0.4, 0.5) is 8.78 Å². The van der Waals surface area contributed by atoms with Crippen LogP contribution in [0.3, 0.4) is 0 Å². The van der Waals surface area contributed by atoms with Gasteiger partial charge in [0.15, 0.2) is 0 Å². The van der Waals surface area contributed by atoms with E-state index < -0.39 is 6.08 Å². The van der Waals surface area contributed by atoms with Gasteiger partial charge in [-0.25, -0.2) is 0 Å². The Hall–Kier alpha value is -1.93. The smallest absolute Gasteiger partial charge is 0.173 e. The normalized spacial score (nSPS) is 10.1. The third-order valence-corrected chi connectivity index (χ3v) is 3.00. The number of allylic oxidation sites excluding steroid dienone is 2. The number of halogens is 3. The Morgan fingerprint density at radius 1 is 0.842 bits per heavy atom. The Balaban J connectivity index is 2.46. The summed E-state index contributed by atoms with van der Waals surface area (Å²) in [6.07, 6.45) is -1.75. The molecule has 2 rings (SSSR count). The number of benzene rings is 2. The van der Waals surface area contributed by atoms with Gasteiger partial charge < -0.3 is 0 Å². The Morgan fingerprint density at radius 2 is 1.42 bits per heavy atom. The summed E-state index contributed by atoms with van der Waals surface area (Å²) < 4.78 is 26.4. The predicted molar refractivity (Wildman–Crippen MR) is 76.1 cm³/mol. The van der Waals surface area contributed by atoms with Gasteiger partial charge in [-0.15, -0.1) is 0 Å². The Morgan fingerprint density at radius 3 is 1.95 bits per heavy atom. The highest BCUT2D eigenvalue weighted by Gasteiger charge is 2.14. The Labute approximate surface area is 115 Å². The van der Waals surface area contributed by atoms with Crippen molar-refractivity contribution in [3.63, 3.8) is 0 Å². The van der Waals surface area contributed by atoms with Crippen LogP contribution in [0.2, 0.25) is 5.02 Å². The summed E-state index contributed by atoms with van der Waals surface area (Å²) in [5, 5.41) is 0.507. The molecule has 0 amide bonds. The molecule has 0 aliphatic rings. The van der Waals surface area contributed by atoms with Gasteiger partial charge in [-0.05, 0) is 28.8 Å². The number of hydrogen-bond donors (Lipinski definition) is 0. The van der Waals surface area contributed by atoms with Crippen LogP contribution in [0.15, 0.2) is 67.3 Å². The molecule has 19 heavy (non-hydrogen) atoms. The van der Waals surface area contributed by atoms with Gasteiger partial charge in [-0.3, -0.25) is 0 Å². The molecule has 0 aromatic heterocycles. The quantitative estimate of drug-likeness (QED) is 0.635. The molecule has 0 N–H and O–H groups in total. The Kier molecular flexibility index (Phi) is 4.13. The molecule has 0 atom stereocenters. The van der Waals surface area contributed by atoms with Crippen LogP contribution in [-0.4, -0.2) is 0 Å². The Bertz CT molecular complexity index is 609. The van der Waals surface area contributed by atoms with Crippen molar-refractivity contribution in [1.29, 1.82) is 0 Å². The first-order valence-corrected chi connectivity index (χ1v) is 6.03. The molecule has 0 bridgehead atoms. The maximum absolute atomic E-state index is 13.2. The van der Waals surface area contributed by atoms with Crippen LogP contribution in [0, 0.1) is 0 Å². The monoisotopic (exact) mass is 276 g/mol. The average molecular weight is 277 g/mol. The first-order valence-electron chi connectivity index (χ1n) is 5.65. The van der Waals surface area contributed by atoms with E-state index in [-0.39, 0.29) is 5.57 Å². The number of rotatable bonds is 3. The third kappa shape index (κ3) is 3.09. The van der Waals surface area contributed by atoms with Crippen LogP contribution in [0.1, 0.15) is 11.1 Å². The minimum Gasteiger partial charge on any atom is -0.173 e. The molecule has 0 spiro atoms. The van der Waals surface area contributed by atoms with E-state index in [1.165, 1.54) is 0 Å². The summed E-state index contributed by atoms with van der Waals surface area (Å²) >= 11 is 5.77. The van der Waals surface area contributed by atoms with Gasteiger partial charge in [0.05, 0.1) is 5.57 Å². The summed E-state index contributed by atoms with van der Waals surface area (Å²) in [6.45, 7) is 3.77. The molecule has 0 saturated carbocycles. The highest BCUT2D eigenvalue weighted by atomic mass is 35.5. The zero-order valence-electron chi connectivity index (χ0n) is 10.0. The molecule has 3 heteroatoms. The zero-order valence-corrected chi connectivity index (χ0v) is 10.8. The molecule has 0 radical (unpaired) electrons. The van der Waals surface area contributed by atoms with Crippen LogP contribution in [-0.2, 0) is 0 Å². The molecular formula is C16H11ClF2. The second-order valence-corrected chi connectivity index (χ2v) is 4.42. The van der Waals surface area contributed by atoms with E-state index in [1.54, 1.807) is 48.5 Å². The number of hydrogen-bond acceptors (Lipinski definition) is 0. The lowest BCUT2D eigenvalue weighted by Gasteiger charge is -2.10. The van der Waals surface area contributed by atoms with Gasteiger partial charge in [-0.2, -0.15) is 8.78 Å². The highest BCUT2D eigenvalue weighted by molar-refractivity contribution is 6.30. The van der Waals surface area contributed by atoms with Crippen molar-refractivity contribution in [1.82, 2.24) is 0 Å². The van der Waals surface area contributed by atoms with E-state index in [1.807, 2.05) is 6.07 Å². The largest absolute Gasteiger partial charge is 0.278 e. The summed E-state index contributed by atoms with van der Waals surface area (Å²) in [5.41, 5.74) is 1.21. The van der Waals surface area contributed by atoms with Crippen LogP contribution in [0.5, 0.6) is 0 Å². The maximum atomic E-state index is 13.2. The first-order chi connectivity index (χ1) is 9.09. The third-order valence-electron chi connectivity index (χ3n) is 2.75. The zero-order chi connectivity index (χ0) is 13.8. The molecule has 0 nitrogen and oxygen atoms in total. The lowest BCUT2D eigenvalue weighted by molar-refractivity contribution is 0.427. The molecule has 96 valence electrons. The van der Waals surface area contributed by atoms with E-state index in [2.05, 4.69) is 6.58 Å². The fourth-order valence-electron chi connectivity index (χ4n) is 1.80. The van der Waals surface area contributed by atoms with Crippen LogP contribution >= 0.6 is 11.6 Å². The van der Waals surface area contributed by atoms with Gasteiger partial charge in [0.25, 0.3) is 6.08 Å². The maximum Gasteiger partial charge on any atom is 0.278 e. The molecule has 2 aromatic rings. The lowest BCUT2D eigenvalue weighted by atomic mass is 9.94. The van der Waals surface area contributed by atoms with Gasteiger partial charge in [-0.1, -0.05) is 60.6 Å². The van der Waals surface area contributed by atoms with Crippen molar-refractivity contribution in [2.45, 2.75) is 0 Å². The highest BCUT2D eigenvalue weighted by Crippen LogP contribution is 2.34. The van der Waals surface area contributed by atoms with Gasteiger partial charge in [0, 0.05) is 5.02 Å². The van der Waals surface area contributed by atoms with E-state index in [0.717, 1.165) is 0 Å². The molecule has 2 aromatic carbocycles. The first kappa shape index (κ1) is 13.5. The van der Waals surface area contributed by atoms with Crippen molar-refractivity contribution < 1.29 is 8.78 Å². The van der Waals surface area contributed by atoms with Crippen molar-refractivity contribution >= 4 is 22.7 Å². The van der Waals surface area contributed by atoms with E-state index in [9.17, 15) is 8.78 Å². The minimum atomic E-state index is -1.75. The van der Waals surface area contributed by atoms with E-state index in [4.69, 9.17) is 11.6 Å². The molecule has 0 aliphatic heterocycles. The molecule has 0 saturated heterocycles. The minimum absolute atomic E-state index is 0.150. The molecular weight excluding hydrogens is 266 g/mol. The summed E-state index contributed by atoms with van der Waals surface area (Å²) in [4.78, 5) is 0. The van der Waals surface area contributed by atoms with Crippen molar-refractivity contribution in [3.05, 3.63) is 83.4 Å². The fraction of sp³-hybridized carbons (Fsp3) is 0. The van der Waals surface area contributed by atoms with Crippen LogP contribution in [0.25, 0.3) is 11.1 Å². The van der Waals surface area contributed by atoms with Gasteiger partial charge in [0.2, 0.25) is 0 Å². The van der Waals surface area contributed by atoms with E-state index >= 15 is 0 Å². The SMILES string of the molecule is C=C(C(=C(F)F)c1ccc(Cl)cc1)c1ccccc1. The summed E-state index contributed by atoms with van der Waals surface area (Å²) in [7, 11) is 0. The van der Waals surface area contributed by atoms with E-state index in [0.29, 0.717) is 21.7 Å². The molecule has 0 fully saturated rings. The average Bonchev–Trinajstić information content (AvgIpc) is 2.42. The fourth-order valence-corrected chi connectivity index (χ4v) is 1.92. The molecule has 0 heterocycles. The molecule has 0 unspecified atom stereocenters. The second-order valence-electron chi connectivity index (χ2n) is 3.99. The molecule has 0 aliphatic carbocycles. The van der Waals surface area contributed by atoms with Crippen molar-refractivity contribution in [3.8, 4) is 0 Å². The topological polar surface area (TPSA) is 0 Å². The summed E-state index contributed by atoms with van der Waals surface area (Å²) in [6, 6.07) is 15.2. The predicted octanol–water partition coefficient (Wildman–Crippen LogP) is 5.66. The standard InChI is InChI=1S/C16H11ClF2/c1-11(12-5-3-2-4-6-12)15(16(18)19)13-7-9-14(17)10-8-13/h2-10H,1H2. The van der Waals surface area contributed by atoms with Crippen LogP contribution < -0.4 is 0 Å². The second kappa shape index (κ2) is 5.81. The lowest BCUT2D eigenvalue weighted by Crippen LogP contribution is -1.90. The summed E-state index contributed by atoms with van der Waals surface area (Å²) in [5.74, 6) is 0. The van der Waals surface area contributed by atoms with Gasteiger partial charge in [0.1, 0.15) is 0 Å². The van der Waals surface area contributed by atoms with Crippen molar-refractivity contribution in [2.75, 3.05) is 0 Å².